The summed E-state index contributed by atoms with van der Waals surface area (Å²) in [6.07, 6.45) is 0. The van der Waals surface area contributed by atoms with E-state index in [1.165, 1.54) is 0 Å². The summed E-state index contributed by atoms with van der Waals surface area (Å²) in [5.41, 5.74) is 4.26. The van der Waals surface area contributed by atoms with Gasteiger partial charge in [-0.2, -0.15) is 0 Å². The standard InChI is InChI=1S/C20H19NO2/c1-12-8-13(2)19(14(3)9-12)21-20(23)17-10-15-6-4-5-7-16(15)11-18(17)22/h4-11,22H,1-3H3,(H,21,23). The SMILES string of the molecule is Cc1cc(C)c(NC(=O)c2cc3ccccc3cc2O)c(C)c1. The Kier molecular flexibility index (Phi) is 3.78. The summed E-state index contributed by atoms with van der Waals surface area (Å²) in [5, 5.41) is 14.9. The number of aromatic hydroxyl groups is 1. The van der Waals surface area contributed by atoms with Crippen molar-refractivity contribution in [2.24, 2.45) is 0 Å². The summed E-state index contributed by atoms with van der Waals surface area (Å²) >= 11 is 0. The van der Waals surface area contributed by atoms with Crippen LogP contribution in [0.5, 0.6) is 5.75 Å². The number of anilines is 1. The molecule has 1 amide bonds. The minimum absolute atomic E-state index is 0.0105. The number of phenolic OH excluding ortho intramolecular Hbond substituents is 1. The highest BCUT2D eigenvalue weighted by Crippen LogP contribution is 2.27. The van der Waals surface area contributed by atoms with Crippen LogP contribution in [0.2, 0.25) is 0 Å². The lowest BCUT2D eigenvalue weighted by Crippen LogP contribution is -2.14. The third-order valence-electron chi connectivity index (χ3n) is 4.02. The van der Waals surface area contributed by atoms with Crippen LogP contribution in [-0.4, -0.2) is 11.0 Å². The van der Waals surface area contributed by atoms with Crippen LogP contribution in [0, 0.1) is 20.8 Å². The fraction of sp³-hybridized carbons (Fsp3) is 0.150. The molecule has 0 aliphatic rings. The highest BCUT2D eigenvalue weighted by atomic mass is 16.3. The van der Waals surface area contributed by atoms with Gasteiger partial charge < -0.3 is 10.4 Å². The maximum absolute atomic E-state index is 12.6. The number of nitrogens with one attached hydrogen (secondary N) is 1. The monoisotopic (exact) mass is 305 g/mol. The molecule has 2 N–H and O–H groups in total. The van der Waals surface area contributed by atoms with Crippen LogP contribution in [0.4, 0.5) is 5.69 Å². The highest BCUT2D eigenvalue weighted by Gasteiger charge is 2.15. The highest BCUT2D eigenvalue weighted by molar-refractivity contribution is 6.09. The van der Waals surface area contributed by atoms with E-state index in [4.69, 9.17) is 0 Å². The van der Waals surface area contributed by atoms with E-state index in [2.05, 4.69) is 5.32 Å². The van der Waals surface area contributed by atoms with Gasteiger partial charge in [0, 0.05) is 5.69 Å². The quantitative estimate of drug-likeness (QED) is 0.719. The van der Waals surface area contributed by atoms with Crippen LogP contribution in [0.25, 0.3) is 10.8 Å². The lowest BCUT2D eigenvalue weighted by molar-refractivity contribution is 0.102. The van der Waals surface area contributed by atoms with Crippen LogP contribution in [-0.2, 0) is 0 Å². The molecule has 3 heteroatoms. The second-order valence-corrected chi connectivity index (χ2v) is 5.94. The van der Waals surface area contributed by atoms with Gasteiger partial charge in [0.15, 0.2) is 0 Å². The third kappa shape index (κ3) is 2.90. The number of fused-ring (bicyclic) bond motifs is 1. The first kappa shape index (κ1) is 15.1. The van der Waals surface area contributed by atoms with Gasteiger partial charge in [-0.05, 0) is 54.8 Å². The van der Waals surface area contributed by atoms with Crippen molar-refractivity contribution in [3.63, 3.8) is 0 Å². The van der Waals surface area contributed by atoms with Crippen LogP contribution in [0.1, 0.15) is 27.0 Å². The lowest BCUT2D eigenvalue weighted by Gasteiger charge is -2.14. The van der Waals surface area contributed by atoms with Gasteiger partial charge in [0.1, 0.15) is 5.75 Å². The molecule has 3 aromatic carbocycles. The van der Waals surface area contributed by atoms with E-state index in [0.29, 0.717) is 0 Å². The zero-order chi connectivity index (χ0) is 16.6. The maximum atomic E-state index is 12.6. The van der Waals surface area contributed by atoms with E-state index >= 15 is 0 Å². The van der Waals surface area contributed by atoms with Crippen molar-refractivity contribution in [2.75, 3.05) is 5.32 Å². The van der Waals surface area contributed by atoms with Crippen molar-refractivity contribution >= 4 is 22.4 Å². The minimum atomic E-state index is -0.302. The molecule has 0 atom stereocenters. The van der Waals surface area contributed by atoms with Gasteiger partial charge in [0.05, 0.1) is 5.56 Å². The van der Waals surface area contributed by atoms with E-state index < -0.39 is 0 Å². The lowest BCUT2D eigenvalue weighted by atomic mass is 10.0. The number of hydrogen-bond acceptors (Lipinski definition) is 2. The molecule has 0 aliphatic carbocycles. The maximum Gasteiger partial charge on any atom is 0.259 e. The van der Waals surface area contributed by atoms with Crippen molar-refractivity contribution in [1.29, 1.82) is 0 Å². The summed E-state index contributed by atoms with van der Waals surface area (Å²) < 4.78 is 0. The Morgan fingerprint density at radius 3 is 2.09 bits per heavy atom. The molecule has 3 aromatic rings. The Bertz CT molecular complexity index is 890. The smallest absolute Gasteiger partial charge is 0.259 e. The molecule has 0 heterocycles. The third-order valence-corrected chi connectivity index (χ3v) is 4.02. The van der Waals surface area contributed by atoms with Gasteiger partial charge in [-0.1, -0.05) is 42.0 Å². The summed E-state index contributed by atoms with van der Waals surface area (Å²) in [7, 11) is 0. The van der Waals surface area contributed by atoms with Crippen molar-refractivity contribution in [3.8, 4) is 5.75 Å². The molecule has 0 radical (unpaired) electrons. The van der Waals surface area contributed by atoms with Crippen LogP contribution >= 0.6 is 0 Å². The molecular formula is C20H19NO2. The summed E-state index contributed by atoms with van der Waals surface area (Å²) in [6.45, 7) is 5.96. The molecule has 23 heavy (non-hydrogen) atoms. The Hall–Kier alpha value is -2.81. The number of phenols is 1. The average Bonchev–Trinajstić information content (AvgIpc) is 2.50. The number of aryl methyl sites for hydroxylation is 3. The van der Waals surface area contributed by atoms with E-state index in [1.807, 2.05) is 57.2 Å². The number of hydrogen-bond donors (Lipinski definition) is 2. The summed E-state index contributed by atoms with van der Waals surface area (Å²) in [5.74, 6) is -0.313. The topological polar surface area (TPSA) is 49.3 Å². The van der Waals surface area contributed by atoms with Crippen molar-refractivity contribution in [3.05, 3.63) is 70.8 Å². The molecular weight excluding hydrogens is 286 g/mol. The van der Waals surface area contributed by atoms with Gasteiger partial charge in [0.25, 0.3) is 5.91 Å². The molecule has 0 fully saturated rings. The van der Waals surface area contributed by atoms with E-state index in [0.717, 1.165) is 33.2 Å². The van der Waals surface area contributed by atoms with Crippen molar-refractivity contribution < 1.29 is 9.90 Å². The fourth-order valence-corrected chi connectivity index (χ4v) is 2.97. The zero-order valence-electron chi connectivity index (χ0n) is 13.5. The second-order valence-electron chi connectivity index (χ2n) is 5.94. The molecule has 0 bridgehead atoms. The number of rotatable bonds is 2. The first-order chi connectivity index (χ1) is 11.0. The minimum Gasteiger partial charge on any atom is -0.507 e. The predicted molar refractivity (Wildman–Crippen MR) is 94.2 cm³/mol. The molecule has 0 spiro atoms. The second kappa shape index (κ2) is 5.76. The Morgan fingerprint density at radius 2 is 1.48 bits per heavy atom. The van der Waals surface area contributed by atoms with Gasteiger partial charge in [-0.15, -0.1) is 0 Å². The van der Waals surface area contributed by atoms with E-state index in [1.54, 1.807) is 12.1 Å². The Labute approximate surface area is 135 Å². The van der Waals surface area contributed by atoms with Gasteiger partial charge >= 0.3 is 0 Å². The van der Waals surface area contributed by atoms with E-state index in [9.17, 15) is 9.90 Å². The average molecular weight is 305 g/mol. The van der Waals surface area contributed by atoms with Crippen LogP contribution in [0.15, 0.2) is 48.5 Å². The Balaban J connectivity index is 2.00. The molecule has 0 unspecified atom stereocenters. The number of carbonyl (C=O) groups excluding carboxylic acids is 1. The molecule has 0 aromatic heterocycles. The fourth-order valence-electron chi connectivity index (χ4n) is 2.97. The summed E-state index contributed by atoms with van der Waals surface area (Å²) in [4.78, 5) is 12.6. The number of carbonyl (C=O) groups is 1. The van der Waals surface area contributed by atoms with Crippen LogP contribution < -0.4 is 5.32 Å². The van der Waals surface area contributed by atoms with Gasteiger partial charge in [-0.25, -0.2) is 0 Å². The molecule has 3 rings (SSSR count). The molecule has 3 nitrogen and oxygen atoms in total. The summed E-state index contributed by atoms with van der Waals surface area (Å²) in [6, 6.07) is 15.1. The molecule has 0 aliphatic heterocycles. The largest absolute Gasteiger partial charge is 0.507 e. The normalized spacial score (nSPS) is 10.7. The predicted octanol–water partition coefficient (Wildman–Crippen LogP) is 4.72. The molecule has 116 valence electrons. The van der Waals surface area contributed by atoms with Gasteiger partial charge in [-0.3, -0.25) is 4.79 Å². The first-order valence-electron chi connectivity index (χ1n) is 7.56. The number of benzene rings is 3. The first-order valence-corrected chi connectivity index (χ1v) is 7.56. The van der Waals surface area contributed by atoms with Crippen LogP contribution in [0.3, 0.4) is 0 Å². The molecule has 0 saturated heterocycles. The zero-order valence-corrected chi connectivity index (χ0v) is 13.5. The van der Waals surface area contributed by atoms with E-state index in [-0.39, 0.29) is 17.2 Å². The number of amides is 1. The van der Waals surface area contributed by atoms with Crippen molar-refractivity contribution in [2.45, 2.75) is 20.8 Å². The van der Waals surface area contributed by atoms with Gasteiger partial charge in [0.2, 0.25) is 0 Å². The Morgan fingerprint density at radius 1 is 0.913 bits per heavy atom. The molecule has 0 saturated carbocycles. The van der Waals surface area contributed by atoms with Crippen molar-refractivity contribution in [1.82, 2.24) is 0 Å².